The zero-order valence-corrected chi connectivity index (χ0v) is 17.8. The van der Waals surface area contributed by atoms with E-state index in [1.165, 1.54) is 12.8 Å². The van der Waals surface area contributed by atoms with Crippen LogP contribution in [0.2, 0.25) is 0 Å². The van der Waals surface area contributed by atoms with E-state index in [-0.39, 0.29) is 11.8 Å². The second kappa shape index (κ2) is 9.43. The van der Waals surface area contributed by atoms with E-state index >= 15 is 0 Å². The van der Waals surface area contributed by atoms with Crippen LogP contribution in [0.4, 0.5) is 0 Å². The van der Waals surface area contributed by atoms with E-state index in [0.29, 0.717) is 25.2 Å². The van der Waals surface area contributed by atoms with E-state index in [2.05, 4.69) is 10.00 Å². The molecule has 7 heteroatoms. The molecule has 4 rings (SSSR count). The van der Waals surface area contributed by atoms with E-state index < -0.39 is 0 Å². The first-order valence-corrected chi connectivity index (χ1v) is 11.0. The molecule has 2 fully saturated rings. The van der Waals surface area contributed by atoms with Crippen LogP contribution < -0.4 is 0 Å². The van der Waals surface area contributed by atoms with Crippen LogP contribution >= 0.6 is 0 Å². The van der Waals surface area contributed by atoms with E-state index in [0.717, 1.165) is 50.4 Å². The molecule has 0 saturated carbocycles. The first kappa shape index (κ1) is 20.6. The molecule has 1 aromatic heterocycles. The zero-order chi connectivity index (χ0) is 20.9. The van der Waals surface area contributed by atoms with Gasteiger partial charge < -0.3 is 9.80 Å². The third-order valence-corrected chi connectivity index (χ3v) is 6.17. The number of carbonyl (C=O) groups excluding carboxylic acids is 2. The van der Waals surface area contributed by atoms with E-state index in [4.69, 9.17) is 0 Å². The van der Waals surface area contributed by atoms with Gasteiger partial charge in [0.2, 0.25) is 5.91 Å². The van der Waals surface area contributed by atoms with Crippen molar-refractivity contribution in [2.45, 2.75) is 32.6 Å². The minimum Gasteiger partial charge on any atom is -0.342 e. The number of aromatic nitrogens is 2. The monoisotopic (exact) mass is 409 g/mol. The molecule has 7 nitrogen and oxygen atoms in total. The fraction of sp³-hybridized carbons (Fsp3) is 0.522. The maximum absolute atomic E-state index is 12.9. The molecular formula is C23H31N5O2. The average Bonchev–Trinajstić information content (AvgIpc) is 3.02. The van der Waals surface area contributed by atoms with Crippen molar-refractivity contribution < 1.29 is 9.59 Å². The molecule has 0 bridgehead atoms. The lowest BCUT2D eigenvalue weighted by atomic mass is 10.1. The van der Waals surface area contributed by atoms with Crippen LogP contribution in [0.25, 0.3) is 5.69 Å². The van der Waals surface area contributed by atoms with Gasteiger partial charge in [0.15, 0.2) is 0 Å². The quantitative estimate of drug-likeness (QED) is 0.778. The third-order valence-electron chi connectivity index (χ3n) is 6.17. The Kier molecular flexibility index (Phi) is 6.47. The summed E-state index contributed by atoms with van der Waals surface area (Å²) < 4.78 is 1.86. The number of likely N-dealkylation sites (tertiary alicyclic amines) is 1. The topological polar surface area (TPSA) is 61.7 Å². The predicted octanol–water partition coefficient (Wildman–Crippen LogP) is 2.34. The Bertz CT molecular complexity index is 860. The van der Waals surface area contributed by atoms with Crippen molar-refractivity contribution in [1.29, 1.82) is 0 Å². The Balaban J connectivity index is 1.29. The van der Waals surface area contributed by atoms with E-state index in [1.54, 1.807) is 6.20 Å². The van der Waals surface area contributed by atoms with Crippen molar-refractivity contribution in [3.63, 3.8) is 0 Å². The van der Waals surface area contributed by atoms with Crippen molar-refractivity contribution in [2.24, 2.45) is 0 Å². The molecule has 1 aromatic carbocycles. The number of hydrogen-bond donors (Lipinski definition) is 0. The van der Waals surface area contributed by atoms with Gasteiger partial charge in [-0.15, -0.1) is 0 Å². The van der Waals surface area contributed by atoms with Crippen LogP contribution in [-0.2, 0) is 4.79 Å². The second-order valence-electron chi connectivity index (χ2n) is 8.29. The second-order valence-corrected chi connectivity index (χ2v) is 8.29. The summed E-state index contributed by atoms with van der Waals surface area (Å²) in [5, 5.41) is 4.31. The SMILES string of the molecule is Cc1ccnn1-c1ccc(C(=O)N2CCN(CC(=O)N3CCCCCC3)CC2)cc1. The van der Waals surface area contributed by atoms with Crippen molar-refractivity contribution in [3.05, 3.63) is 47.8 Å². The van der Waals surface area contributed by atoms with Crippen molar-refractivity contribution in [1.82, 2.24) is 24.5 Å². The van der Waals surface area contributed by atoms with Crippen molar-refractivity contribution >= 4 is 11.8 Å². The van der Waals surface area contributed by atoms with Crippen molar-refractivity contribution in [3.8, 4) is 5.69 Å². The first-order chi connectivity index (χ1) is 14.6. The van der Waals surface area contributed by atoms with Crippen LogP contribution in [0.5, 0.6) is 0 Å². The Morgan fingerprint density at radius 1 is 0.833 bits per heavy atom. The molecule has 2 aliphatic heterocycles. The minimum atomic E-state index is 0.0530. The number of nitrogens with zero attached hydrogens (tertiary/aromatic N) is 5. The van der Waals surface area contributed by atoms with Gasteiger partial charge in [0.25, 0.3) is 5.91 Å². The van der Waals surface area contributed by atoms with Gasteiger partial charge in [0.05, 0.1) is 12.2 Å². The van der Waals surface area contributed by atoms with E-state index in [1.807, 2.05) is 51.7 Å². The first-order valence-electron chi connectivity index (χ1n) is 11.0. The molecule has 30 heavy (non-hydrogen) atoms. The normalized spacial score (nSPS) is 18.3. The predicted molar refractivity (Wildman–Crippen MR) is 116 cm³/mol. The molecule has 0 spiro atoms. The van der Waals surface area contributed by atoms with Gasteiger partial charge in [-0.1, -0.05) is 12.8 Å². The Morgan fingerprint density at radius 2 is 1.50 bits per heavy atom. The summed E-state index contributed by atoms with van der Waals surface area (Å²) in [5.41, 5.74) is 2.70. The Labute approximate surface area is 178 Å². The Hall–Kier alpha value is -2.67. The number of amides is 2. The fourth-order valence-electron chi connectivity index (χ4n) is 4.29. The molecule has 0 atom stereocenters. The van der Waals surface area contributed by atoms with Gasteiger partial charge in [-0.2, -0.15) is 5.10 Å². The number of benzene rings is 1. The minimum absolute atomic E-state index is 0.0530. The number of piperazine rings is 1. The molecule has 0 N–H and O–H groups in total. The number of aryl methyl sites for hydroxylation is 1. The molecule has 0 unspecified atom stereocenters. The summed E-state index contributed by atoms with van der Waals surface area (Å²) in [7, 11) is 0. The lowest BCUT2D eigenvalue weighted by molar-refractivity contribution is -0.132. The van der Waals surface area contributed by atoms with Crippen LogP contribution in [0.15, 0.2) is 36.5 Å². The number of carbonyl (C=O) groups is 2. The molecular weight excluding hydrogens is 378 g/mol. The molecule has 3 heterocycles. The molecule has 2 amide bonds. The lowest BCUT2D eigenvalue weighted by Crippen LogP contribution is -2.51. The molecule has 2 aromatic rings. The lowest BCUT2D eigenvalue weighted by Gasteiger charge is -2.35. The van der Waals surface area contributed by atoms with Gasteiger partial charge in [0, 0.05) is 56.7 Å². The van der Waals surface area contributed by atoms with Gasteiger partial charge in [-0.05, 0) is 50.1 Å². The van der Waals surface area contributed by atoms with Crippen molar-refractivity contribution in [2.75, 3.05) is 45.8 Å². The fourth-order valence-corrected chi connectivity index (χ4v) is 4.29. The van der Waals surface area contributed by atoms with Crippen LogP contribution in [0.1, 0.15) is 41.7 Å². The highest BCUT2D eigenvalue weighted by atomic mass is 16.2. The van der Waals surface area contributed by atoms with Crippen LogP contribution in [0.3, 0.4) is 0 Å². The van der Waals surface area contributed by atoms with Crippen LogP contribution in [-0.4, -0.2) is 82.1 Å². The standard InChI is InChI=1S/C23H31N5O2/c1-19-10-11-24-28(19)21-8-6-20(7-9-21)23(30)27-16-14-25(15-17-27)18-22(29)26-12-4-2-3-5-13-26/h6-11H,2-5,12-18H2,1H3. The van der Waals surface area contributed by atoms with Crippen LogP contribution in [0, 0.1) is 6.92 Å². The Morgan fingerprint density at radius 3 is 2.10 bits per heavy atom. The highest BCUT2D eigenvalue weighted by Gasteiger charge is 2.25. The number of rotatable bonds is 4. The van der Waals surface area contributed by atoms with Gasteiger partial charge in [-0.3, -0.25) is 14.5 Å². The summed E-state index contributed by atoms with van der Waals surface area (Å²) in [6, 6.07) is 9.56. The van der Waals surface area contributed by atoms with Gasteiger partial charge in [0.1, 0.15) is 0 Å². The number of hydrogen-bond acceptors (Lipinski definition) is 4. The summed E-state index contributed by atoms with van der Waals surface area (Å²) in [6.45, 7) is 7.07. The maximum atomic E-state index is 12.9. The highest BCUT2D eigenvalue weighted by molar-refractivity contribution is 5.94. The average molecular weight is 410 g/mol. The zero-order valence-electron chi connectivity index (χ0n) is 17.8. The highest BCUT2D eigenvalue weighted by Crippen LogP contribution is 2.15. The smallest absolute Gasteiger partial charge is 0.253 e. The molecule has 160 valence electrons. The molecule has 2 saturated heterocycles. The molecule has 2 aliphatic rings. The molecule has 0 aliphatic carbocycles. The largest absolute Gasteiger partial charge is 0.342 e. The molecule has 0 radical (unpaired) electrons. The summed E-state index contributed by atoms with van der Waals surface area (Å²) in [6.07, 6.45) is 6.46. The summed E-state index contributed by atoms with van der Waals surface area (Å²) in [4.78, 5) is 31.6. The third kappa shape index (κ3) is 4.73. The van der Waals surface area contributed by atoms with E-state index in [9.17, 15) is 9.59 Å². The van der Waals surface area contributed by atoms with Gasteiger partial charge in [-0.25, -0.2) is 4.68 Å². The maximum Gasteiger partial charge on any atom is 0.253 e. The summed E-state index contributed by atoms with van der Waals surface area (Å²) in [5.74, 6) is 0.290. The van der Waals surface area contributed by atoms with Gasteiger partial charge >= 0.3 is 0 Å². The summed E-state index contributed by atoms with van der Waals surface area (Å²) >= 11 is 0.